The van der Waals surface area contributed by atoms with Gasteiger partial charge < -0.3 is 25.2 Å². The molecule has 0 bridgehead atoms. The Labute approximate surface area is 277 Å². The van der Waals surface area contributed by atoms with Crippen LogP contribution in [0.4, 0.5) is 0 Å². The smallest absolute Gasteiger partial charge is 0.309 e. The molecule has 5 rings (SSSR count). The van der Waals surface area contributed by atoms with E-state index in [1.807, 2.05) is 97.1 Å². The van der Waals surface area contributed by atoms with Crippen molar-refractivity contribution in [3.63, 3.8) is 0 Å². The number of hydrogen-bond donors (Lipinski definition) is 3. The van der Waals surface area contributed by atoms with Crippen LogP contribution in [-0.4, -0.2) is 47.7 Å². The Morgan fingerprint density at radius 2 is 1.51 bits per heavy atom. The van der Waals surface area contributed by atoms with E-state index in [0.29, 0.717) is 32.3 Å². The molecule has 1 heterocycles. The van der Waals surface area contributed by atoms with Crippen LogP contribution >= 0.6 is 0 Å². The summed E-state index contributed by atoms with van der Waals surface area (Å²) < 4.78 is 11.7. The number of ether oxygens (including phenoxy) is 2. The lowest BCUT2D eigenvalue weighted by atomic mass is 9.92. The van der Waals surface area contributed by atoms with Gasteiger partial charge in [-0.2, -0.15) is 0 Å². The Morgan fingerprint density at radius 1 is 0.872 bits per heavy atom. The highest BCUT2D eigenvalue weighted by Gasteiger charge is 2.39. The first-order valence-corrected chi connectivity index (χ1v) is 16.7. The van der Waals surface area contributed by atoms with Crippen LogP contribution in [0.15, 0.2) is 97.1 Å². The van der Waals surface area contributed by atoms with E-state index in [4.69, 9.17) is 9.47 Å². The first kappa shape index (κ1) is 33.9. The molecule has 0 radical (unpaired) electrons. The van der Waals surface area contributed by atoms with Gasteiger partial charge in [0.15, 0.2) is 0 Å². The van der Waals surface area contributed by atoms with Crippen LogP contribution in [-0.2, 0) is 38.6 Å². The van der Waals surface area contributed by atoms with Crippen molar-refractivity contribution in [2.24, 2.45) is 11.8 Å². The summed E-state index contributed by atoms with van der Waals surface area (Å²) in [6.07, 6.45) is 9.02. The summed E-state index contributed by atoms with van der Waals surface area (Å²) in [5.41, 5.74) is 2.48. The predicted octanol–water partition coefficient (Wildman–Crippen LogP) is 5.47. The maximum absolute atomic E-state index is 13.6. The van der Waals surface area contributed by atoms with Crippen LogP contribution in [0.2, 0.25) is 0 Å². The van der Waals surface area contributed by atoms with Gasteiger partial charge in [-0.15, -0.1) is 0 Å². The van der Waals surface area contributed by atoms with Gasteiger partial charge in [-0.1, -0.05) is 97.8 Å². The molecule has 3 aromatic rings. The fraction of sp³-hybridized carbons (Fsp3) is 0.410. The number of carbonyl (C=O) groups is 3. The van der Waals surface area contributed by atoms with E-state index in [2.05, 4.69) is 10.6 Å². The van der Waals surface area contributed by atoms with Crippen LogP contribution in [0.1, 0.15) is 61.6 Å². The number of benzene rings is 3. The van der Waals surface area contributed by atoms with Crippen molar-refractivity contribution in [3.05, 3.63) is 114 Å². The van der Waals surface area contributed by atoms with Gasteiger partial charge in [0.2, 0.25) is 11.8 Å². The summed E-state index contributed by atoms with van der Waals surface area (Å²) >= 11 is 0. The number of aliphatic hydroxyl groups is 1. The monoisotopic (exact) mass is 638 g/mol. The fourth-order valence-corrected chi connectivity index (χ4v) is 6.43. The summed E-state index contributed by atoms with van der Waals surface area (Å²) in [6, 6.07) is 27.0. The van der Waals surface area contributed by atoms with Gasteiger partial charge in [0.05, 0.1) is 30.0 Å². The molecule has 47 heavy (non-hydrogen) atoms. The second kappa shape index (κ2) is 16.9. The molecule has 1 saturated carbocycles. The summed E-state index contributed by atoms with van der Waals surface area (Å²) in [5, 5.41) is 16.2. The highest BCUT2D eigenvalue weighted by molar-refractivity contribution is 5.86. The molecule has 8 nitrogen and oxygen atoms in total. The normalized spacial score (nSPS) is 20.4. The third-order valence-corrected chi connectivity index (χ3v) is 9.15. The van der Waals surface area contributed by atoms with Crippen LogP contribution in [0.25, 0.3) is 0 Å². The quantitative estimate of drug-likeness (QED) is 0.190. The molecule has 0 saturated heterocycles. The van der Waals surface area contributed by atoms with Crippen molar-refractivity contribution >= 4 is 17.8 Å². The zero-order valence-corrected chi connectivity index (χ0v) is 26.9. The Morgan fingerprint density at radius 3 is 2.17 bits per heavy atom. The van der Waals surface area contributed by atoms with Gasteiger partial charge in [-0.05, 0) is 67.3 Å². The number of allylic oxidation sites excluding steroid dienone is 2. The molecule has 8 heteroatoms. The summed E-state index contributed by atoms with van der Waals surface area (Å²) in [6.45, 7) is 0.375. The SMILES string of the molecule is O=C(C[C@H]1CC=CC[C@H](Cc2ccccc2)C(=O)OCC2(CCCC2)NC1=O)N[C@H](CO)Cc1ccc(OCc2ccccc2)cc1. The number of nitrogens with one attached hydrogen (secondary N) is 2. The molecule has 2 aliphatic rings. The van der Waals surface area contributed by atoms with E-state index in [0.717, 1.165) is 48.1 Å². The van der Waals surface area contributed by atoms with Crippen LogP contribution in [0, 0.1) is 11.8 Å². The third kappa shape index (κ3) is 10.3. The Kier molecular flexibility index (Phi) is 12.2. The van der Waals surface area contributed by atoms with Crippen LogP contribution in [0.5, 0.6) is 5.75 Å². The second-order valence-electron chi connectivity index (χ2n) is 12.9. The number of amides is 2. The van der Waals surface area contributed by atoms with E-state index in [1.165, 1.54) is 0 Å². The van der Waals surface area contributed by atoms with Crippen molar-refractivity contribution < 1.29 is 29.0 Å². The third-order valence-electron chi connectivity index (χ3n) is 9.15. The van der Waals surface area contributed by atoms with E-state index in [-0.39, 0.29) is 43.3 Å². The molecule has 1 aliphatic heterocycles. The molecule has 1 spiro atoms. The van der Waals surface area contributed by atoms with Gasteiger partial charge in [-0.25, -0.2) is 0 Å². The molecule has 1 fully saturated rings. The molecule has 248 valence electrons. The summed E-state index contributed by atoms with van der Waals surface area (Å²) in [5.74, 6) is -0.937. The number of carbonyl (C=O) groups excluding carboxylic acids is 3. The van der Waals surface area contributed by atoms with Gasteiger partial charge in [0.1, 0.15) is 19.0 Å². The van der Waals surface area contributed by atoms with Crippen LogP contribution in [0.3, 0.4) is 0 Å². The van der Waals surface area contributed by atoms with Crippen molar-refractivity contribution in [3.8, 4) is 5.75 Å². The van der Waals surface area contributed by atoms with Gasteiger partial charge in [0, 0.05) is 6.42 Å². The minimum atomic E-state index is -0.619. The van der Waals surface area contributed by atoms with Crippen molar-refractivity contribution in [1.29, 1.82) is 0 Å². The van der Waals surface area contributed by atoms with Crippen LogP contribution < -0.4 is 15.4 Å². The van der Waals surface area contributed by atoms with Crippen molar-refractivity contribution in [2.75, 3.05) is 13.2 Å². The average molecular weight is 639 g/mol. The molecular weight excluding hydrogens is 592 g/mol. The Balaban J connectivity index is 1.19. The topological polar surface area (TPSA) is 114 Å². The lowest BCUT2D eigenvalue weighted by Crippen LogP contribution is -2.53. The maximum Gasteiger partial charge on any atom is 0.309 e. The van der Waals surface area contributed by atoms with E-state index >= 15 is 0 Å². The molecular formula is C39H46N2O6. The highest BCUT2D eigenvalue weighted by atomic mass is 16.5. The molecule has 0 aromatic heterocycles. The van der Waals surface area contributed by atoms with E-state index < -0.39 is 17.5 Å². The molecule has 3 atom stereocenters. The first-order valence-electron chi connectivity index (χ1n) is 16.7. The Bertz CT molecular complexity index is 1470. The zero-order chi connectivity index (χ0) is 32.9. The van der Waals surface area contributed by atoms with Gasteiger partial charge in [0.25, 0.3) is 0 Å². The van der Waals surface area contributed by atoms with Crippen molar-refractivity contribution in [2.45, 2.75) is 76.0 Å². The molecule has 1 aliphatic carbocycles. The largest absolute Gasteiger partial charge is 0.489 e. The first-order chi connectivity index (χ1) is 22.9. The Hall–Kier alpha value is -4.43. The summed E-state index contributed by atoms with van der Waals surface area (Å²) in [7, 11) is 0. The highest BCUT2D eigenvalue weighted by Crippen LogP contribution is 2.32. The summed E-state index contributed by atoms with van der Waals surface area (Å²) in [4.78, 5) is 40.0. The van der Waals surface area contributed by atoms with E-state index in [1.54, 1.807) is 0 Å². The van der Waals surface area contributed by atoms with E-state index in [9.17, 15) is 19.5 Å². The lowest BCUT2D eigenvalue weighted by Gasteiger charge is -2.32. The zero-order valence-electron chi connectivity index (χ0n) is 26.9. The lowest BCUT2D eigenvalue weighted by molar-refractivity contribution is -0.152. The predicted molar refractivity (Wildman–Crippen MR) is 180 cm³/mol. The van der Waals surface area contributed by atoms with Gasteiger partial charge in [-0.3, -0.25) is 14.4 Å². The van der Waals surface area contributed by atoms with Crippen molar-refractivity contribution in [1.82, 2.24) is 10.6 Å². The number of hydrogen-bond acceptors (Lipinski definition) is 6. The molecule has 2 amide bonds. The maximum atomic E-state index is 13.6. The molecule has 0 unspecified atom stereocenters. The number of aliphatic hydroxyl groups excluding tert-OH is 1. The second-order valence-corrected chi connectivity index (χ2v) is 12.9. The van der Waals surface area contributed by atoms with Gasteiger partial charge >= 0.3 is 5.97 Å². The fourth-order valence-electron chi connectivity index (χ4n) is 6.43. The average Bonchev–Trinajstić information content (AvgIpc) is 3.56. The molecule has 3 N–H and O–H groups in total. The number of rotatable bonds is 11. The standard InChI is InChI=1S/C39H46N2O6/c42-26-34(24-30-17-19-35(20-18-30)46-27-31-13-5-2-6-14-31)40-36(43)25-32-15-7-8-16-33(23-29-11-3-1-4-12-29)38(45)47-28-39(41-37(32)44)21-9-10-22-39/h1-8,11-14,17-20,32-34,42H,9-10,15-16,21-28H2,(H,40,43)(H,41,44)/t32-,33-,34+/m1/s1. The minimum Gasteiger partial charge on any atom is -0.489 e. The minimum absolute atomic E-state index is 0.0117. The molecule has 3 aromatic carbocycles. The number of esters is 1. The number of cyclic esters (lactones) is 1.